The second kappa shape index (κ2) is 6.36. The van der Waals surface area contributed by atoms with Gasteiger partial charge in [-0.2, -0.15) is 10.2 Å². The molecule has 1 saturated heterocycles. The van der Waals surface area contributed by atoms with Gasteiger partial charge in [-0.05, 0) is 17.7 Å². The Morgan fingerprint density at radius 2 is 2.38 bits per heavy atom. The molecule has 0 spiro atoms. The minimum atomic E-state index is 0.122. The van der Waals surface area contributed by atoms with Gasteiger partial charge in [-0.1, -0.05) is 15.9 Å². The van der Waals surface area contributed by atoms with E-state index in [0.717, 1.165) is 52.0 Å². The van der Waals surface area contributed by atoms with Crippen molar-refractivity contribution in [3.63, 3.8) is 0 Å². The molecule has 3 heterocycles. The smallest absolute Gasteiger partial charge is 0.224 e. The third-order valence-electron chi connectivity index (χ3n) is 4.43. The lowest BCUT2D eigenvalue weighted by molar-refractivity contribution is 0.360. The molecule has 2 aromatic rings. The molecule has 2 aliphatic heterocycles. The zero-order valence-electron chi connectivity index (χ0n) is 12.9. The number of benzene rings is 1. The van der Waals surface area contributed by atoms with Gasteiger partial charge < -0.3 is 15.0 Å². The lowest BCUT2D eigenvalue weighted by Gasteiger charge is -2.34. The molecule has 1 fully saturated rings. The molecule has 124 valence electrons. The number of piperazine rings is 1. The summed E-state index contributed by atoms with van der Waals surface area (Å²) in [5.74, 6) is 1.64. The SMILES string of the molecule is N#CC[C@H]1CN(c2nc(Cl)nc3cc(Br)c4c(c23)OCC4)CCN1. The van der Waals surface area contributed by atoms with Crippen LogP contribution < -0.4 is 15.0 Å². The summed E-state index contributed by atoms with van der Waals surface area (Å²) in [4.78, 5) is 11.0. The maximum Gasteiger partial charge on any atom is 0.224 e. The molecular weight excluding hydrogens is 394 g/mol. The van der Waals surface area contributed by atoms with Crippen LogP contribution in [0.25, 0.3) is 10.9 Å². The van der Waals surface area contributed by atoms with Crippen molar-refractivity contribution in [2.75, 3.05) is 31.1 Å². The summed E-state index contributed by atoms with van der Waals surface area (Å²) in [7, 11) is 0. The second-order valence-electron chi connectivity index (χ2n) is 5.93. The molecule has 1 N–H and O–H groups in total. The van der Waals surface area contributed by atoms with Crippen LogP contribution in [-0.4, -0.2) is 42.3 Å². The van der Waals surface area contributed by atoms with Crippen molar-refractivity contribution in [3.05, 3.63) is 21.4 Å². The molecular formula is C16H15BrClN5O. The molecule has 0 amide bonds. The molecule has 1 aromatic heterocycles. The largest absolute Gasteiger partial charge is 0.492 e. The van der Waals surface area contributed by atoms with Gasteiger partial charge in [-0.15, -0.1) is 0 Å². The number of hydrogen-bond donors (Lipinski definition) is 1. The average Bonchev–Trinajstić information content (AvgIpc) is 3.05. The summed E-state index contributed by atoms with van der Waals surface area (Å²) in [5.41, 5.74) is 1.92. The summed E-state index contributed by atoms with van der Waals surface area (Å²) < 4.78 is 6.88. The number of fused-ring (bicyclic) bond motifs is 3. The highest BCUT2D eigenvalue weighted by Gasteiger charge is 2.27. The number of nitrogens with zero attached hydrogens (tertiary/aromatic N) is 4. The lowest BCUT2D eigenvalue weighted by atomic mass is 10.1. The number of halogens is 2. The van der Waals surface area contributed by atoms with Crippen molar-refractivity contribution < 1.29 is 4.74 Å². The first-order chi connectivity index (χ1) is 11.7. The van der Waals surface area contributed by atoms with Crippen LogP contribution in [0.1, 0.15) is 12.0 Å². The van der Waals surface area contributed by atoms with Crippen LogP contribution in [0, 0.1) is 11.3 Å². The van der Waals surface area contributed by atoms with E-state index in [1.165, 1.54) is 0 Å². The second-order valence-corrected chi connectivity index (χ2v) is 7.13. The fourth-order valence-electron chi connectivity index (χ4n) is 3.37. The van der Waals surface area contributed by atoms with E-state index in [1.807, 2.05) is 6.07 Å². The molecule has 0 bridgehead atoms. The van der Waals surface area contributed by atoms with Gasteiger partial charge in [0.25, 0.3) is 0 Å². The van der Waals surface area contributed by atoms with E-state index in [4.69, 9.17) is 21.6 Å². The number of hydrogen-bond acceptors (Lipinski definition) is 6. The van der Waals surface area contributed by atoms with Crippen molar-refractivity contribution in [2.45, 2.75) is 18.9 Å². The van der Waals surface area contributed by atoms with Gasteiger partial charge in [-0.3, -0.25) is 0 Å². The minimum absolute atomic E-state index is 0.122. The Kier molecular flexibility index (Phi) is 4.21. The van der Waals surface area contributed by atoms with Gasteiger partial charge in [0.2, 0.25) is 5.28 Å². The third kappa shape index (κ3) is 2.69. The van der Waals surface area contributed by atoms with Crippen LogP contribution in [0.2, 0.25) is 5.28 Å². The summed E-state index contributed by atoms with van der Waals surface area (Å²) >= 11 is 9.77. The number of aromatic nitrogens is 2. The van der Waals surface area contributed by atoms with Crippen LogP contribution in [0.5, 0.6) is 5.75 Å². The van der Waals surface area contributed by atoms with Crippen LogP contribution >= 0.6 is 27.5 Å². The van der Waals surface area contributed by atoms with Crippen molar-refractivity contribution >= 4 is 44.3 Å². The first kappa shape index (κ1) is 15.9. The maximum absolute atomic E-state index is 8.97. The minimum Gasteiger partial charge on any atom is -0.492 e. The molecule has 1 atom stereocenters. The number of nitrogens with one attached hydrogen (secondary N) is 1. The van der Waals surface area contributed by atoms with Gasteiger partial charge in [0.05, 0.1) is 30.0 Å². The number of nitriles is 1. The quantitative estimate of drug-likeness (QED) is 0.770. The summed E-state index contributed by atoms with van der Waals surface area (Å²) in [6, 6.07) is 4.33. The maximum atomic E-state index is 8.97. The summed E-state index contributed by atoms with van der Waals surface area (Å²) in [6.45, 7) is 2.97. The number of anilines is 1. The van der Waals surface area contributed by atoms with Crippen molar-refractivity contribution in [1.29, 1.82) is 5.26 Å². The van der Waals surface area contributed by atoms with Gasteiger partial charge >= 0.3 is 0 Å². The molecule has 6 nitrogen and oxygen atoms in total. The fraction of sp³-hybridized carbons (Fsp3) is 0.438. The molecule has 1 aromatic carbocycles. The van der Waals surface area contributed by atoms with E-state index >= 15 is 0 Å². The Hall–Kier alpha value is -1.62. The first-order valence-corrected chi connectivity index (χ1v) is 9.01. The van der Waals surface area contributed by atoms with E-state index < -0.39 is 0 Å². The summed E-state index contributed by atoms with van der Waals surface area (Å²) in [5, 5.41) is 13.5. The highest BCUT2D eigenvalue weighted by atomic mass is 79.9. The molecule has 0 saturated carbocycles. The van der Waals surface area contributed by atoms with Crippen molar-refractivity contribution in [2.24, 2.45) is 0 Å². The van der Waals surface area contributed by atoms with Crippen molar-refractivity contribution in [3.8, 4) is 11.8 Å². The fourth-order valence-corrected chi connectivity index (χ4v) is 4.13. The summed E-state index contributed by atoms with van der Waals surface area (Å²) in [6.07, 6.45) is 1.33. The zero-order chi connectivity index (χ0) is 16.7. The Morgan fingerprint density at radius 3 is 3.21 bits per heavy atom. The zero-order valence-corrected chi connectivity index (χ0v) is 15.2. The van der Waals surface area contributed by atoms with E-state index in [0.29, 0.717) is 19.6 Å². The normalized spacial score (nSPS) is 19.9. The molecule has 4 rings (SSSR count). The van der Waals surface area contributed by atoms with Gasteiger partial charge in [-0.25, -0.2) is 4.98 Å². The monoisotopic (exact) mass is 407 g/mol. The molecule has 2 aliphatic rings. The number of ether oxygens (including phenoxy) is 1. The Morgan fingerprint density at radius 1 is 1.50 bits per heavy atom. The Bertz CT molecular complexity index is 853. The first-order valence-electron chi connectivity index (χ1n) is 7.84. The Balaban J connectivity index is 1.86. The molecule has 0 aliphatic carbocycles. The third-order valence-corrected chi connectivity index (χ3v) is 5.31. The Labute approximate surface area is 152 Å². The van der Waals surface area contributed by atoms with Crippen LogP contribution in [0.3, 0.4) is 0 Å². The predicted octanol–water partition coefficient (Wildman–Crippen LogP) is 2.67. The molecule has 8 heteroatoms. The van der Waals surface area contributed by atoms with Crippen LogP contribution in [0.15, 0.2) is 10.5 Å². The van der Waals surface area contributed by atoms with Crippen LogP contribution in [-0.2, 0) is 6.42 Å². The lowest BCUT2D eigenvalue weighted by Crippen LogP contribution is -2.51. The van der Waals surface area contributed by atoms with Crippen LogP contribution in [0.4, 0.5) is 5.82 Å². The van der Waals surface area contributed by atoms with Gasteiger partial charge in [0.1, 0.15) is 11.6 Å². The highest BCUT2D eigenvalue weighted by molar-refractivity contribution is 9.10. The predicted molar refractivity (Wildman–Crippen MR) is 95.7 cm³/mol. The molecule has 0 radical (unpaired) electrons. The standard InChI is InChI=1S/C16H15BrClN5O/c17-11-7-12-13(14-10(11)2-6-24-14)15(22-16(18)21-12)23-5-4-20-9(8-23)1-3-19/h7,9,20H,1-2,4-6,8H2/t9-/m0/s1. The topological polar surface area (TPSA) is 74.1 Å². The van der Waals surface area contributed by atoms with E-state index in [2.05, 4.69) is 42.2 Å². The van der Waals surface area contributed by atoms with Gasteiger partial charge in [0, 0.05) is 42.1 Å². The van der Waals surface area contributed by atoms with E-state index in [1.54, 1.807) is 0 Å². The molecule has 0 unspecified atom stereocenters. The van der Waals surface area contributed by atoms with E-state index in [-0.39, 0.29) is 11.3 Å². The van der Waals surface area contributed by atoms with Crippen molar-refractivity contribution in [1.82, 2.24) is 15.3 Å². The number of rotatable bonds is 2. The molecule has 24 heavy (non-hydrogen) atoms. The average molecular weight is 409 g/mol. The van der Waals surface area contributed by atoms with E-state index in [9.17, 15) is 0 Å². The van der Waals surface area contributed by atoms with Gasteiger partial charge in [0.15, 0.2) is 0 Å². The highest BCUT2D eigenvalue weighted by Crippen LogP contribution is 2.42.